The van der Waals surface area contributed by atoms with E-state index >= 15 is 0 Å². The van der Waals surface area contributed by atoms with Gasteiger partial charge in [-0.1, -0.05) is 78.6 Å². The van der Waals surface area contributed by atoms with Gasteiger partial charge in [0.15, 0.2) is 0 Å². The molecule has 0 atom stereocenters. The summed E-state index contributed by atoms with van der Waals surface area (Å²) in [4.78, 5) is 0. The smallest absolute Gasteiger partial charge is 0.0224 e. The second-order valence-corrected chi connectivity index (χ2v) is 16.7. The lowest BCUT2D eigenvalue weighted by atomic mass is 10.5. The summed E-state index contributed by atoms with van der Waals surface area (Å²) in [6, 6.07) is 0. The second kappa shape index (κ2) is 7.58. The molecule has 0 rings (SSSR count). The Hall–Kier alpha value is 1.29. The maximum Gasteiger partial charge on any atom is -0.0224 e. The predicted molar refractivity (Wildman–Crippen MR) is 82.7 cm³/mol. The van der Waals surface area contributed by atoms with E-state index in [1.807, 2.05) is 0 Å². The molecule has 0 aromatic rings. The van der Waals surface area contributed by atoms with Crippen LogP contribution in [0.5, 0.6) is 0 Å². The average Bonchev–Trinajstić information content (AvgIpc) is 2.01. The summed E-state index contributed by atoms with van der Waals surface area (Å²) in [5.74, 6) is 0. The Bertz CT molecular complexity index is 130. The van der Waals surface area contributed by atoms with Crippen molar-refractivity contribution in [2.75, 3.05) is 0 Å². The first-order valence-electron chi connectivity index (χ1n) is 6.10. The summed E-state index contributed by atoms with van der Waals surface area (Å²) in [5, 5.41) is 0. The van der Waals surface area contributed by atoms with Gasteiger partial charge in [-0.3, -0.25) is 0 Å². The Balaban J connectivity index is 4.48. The van der Waals surface area contributed by atoms with Crippen molar-refractivity contribution in [1.29, 1.82) is 0 Å². The van der Waals surface area contributed by atoms with Gasteiger partial charge in [0.25, 0.3) is 0 Å². The maximum absolute atomic E-state index is 2.42. The van der Waals surface area contributed by atoms with Crippen LogP contribution >= 0.6 is 23.2 Å². The van der Waals surface area contributed by atoms with Crippen molar-refractivity contribution in [3.63, 3.8) is 0 Å². The topological polar surface area (TPSA) is 0 Å². The van der Waals surface area contributed by atoms with Gasteiger partial charge in [-0.25, -0.2) is 0 Å². The molecule has 0 aliphatic rings. The van der Waals surface area contributed by atoms with Crippen molar-refractivity contribution in [3.8, 4) is 0 Å². The van der Waals surface area contributed by atoms with Crippen LogP contribution in [-0.4, -0.2) is 22.6 Å². The SMILES string of the molecule is CC(C)P(PP(C(C)C)C(C)C)C(C)C. The molecule has 3 heteroatoms. The fourth-order valence-corrected chi connectivity index (χ4v) is 19.6. The first kappa shape index (κ1) is 16.3. The molecule has 0 fully saturated rings. The van der Waals surface area contributed by atoms with Gasteiger partial charge in [-0.05, 0) is 22.6 Å². The van der Waals surface area contributed by atoms with Crippen LogP contribution in [0.25, 0.3) is 0 Å². The molecule has 0 saturated heterocycles. The zero-order valence-corrected chi connectivity index (χ0v) is 14.5. The standard InChI is InChI=1S/C12H29P3/c1-9(2)14(10(3)4)13-15(11(5)6)12(7)8/h9-13H,1-8H3. The summed E-state index contributed by atoms with van der Waals surface area (Å²) >= 11 is 0. The normalized spacial score (nSPS) is 13.2. The Morgan fingerprint density at radius 3 is 0.867 bits per heavy atom. The van der Waals surface area contributed by atoms with Crippen molar-refractivity contribution in [3.05, 3.63) is 0 Å². The van der Waals surface area contributed by atoms with Gasteiger partial charge in [-0.2, -0.15) is 0 Å². The molecule has 0 spiro atoms. The van der Waals surface area contributed by atoms with Gasteiger partial charge in [0.2, 0.25) is 0 Å². The zero-order valence-electron chi connectivity index (χ0n) is 11.7. The molecular formula is C12H29P3. The third-order valence-electron chi connectivity index (χ3n) is 2.46. The average molecular weight is 266 g/mol. The maximum atomic E-state index is 2.42. The summed E-state index contributed by atoms with van der Waals surface area (Å²) < 4.78 is 0. The van der Waals surface area contributed by atoms with E-state index in [4.69, 9.17) is 0 Å². The van der Waals surface area contributed by atoms with Crippen LogP contribution in [0.2, 0.25) is 0 Å². The van der Waals surface area contributed by atoms with E-state index in [1.165, 1.54) is 7.96 Å². The van der Waals surface area contributed by atoms with Crippen LogP contribution in [0, 0.1) is 0 Å². The lowest BCUT2D eigenvalue weighted by molar-refractivity contribution is 1.02. The third-order valence-corrected chi connectivity index (χ3v) is 19.1. The monoisotopic (exact) mass is 266 g/mol. The van der Waals surface area contributed by atoms with E-state index in [0.29, 0.717) is 0 Å². The largest absolute Gasteiger partial charge is 0.0744 e. The quantitative estimate of drug-likeness (QED) is 0.510. The highest BCUT2D eigenvalue weighted by Gasteiger charge is 2.24. The molecule has 0 aromatic carbocycles. The Kier molecular flexibility index (Phi) is 8.24. The van der Waals surface area contributed by atoms with E-state index in [9.17, 15) is 0 Å². The molecule has 0 amide bonds. The second-order valence-electron chi connectivity index (χ2n) is 5.29. The molecule has 0 radical (unpaired) electrons. The van der Waals surface area contributed by atoms with Crippen molar-refractivity contribution < 1.29 is 0 Å². The van der Waals surface area contributed by atoms with Crippen molar-refractivity contribution in [2.45, 2.75) is 78.0 Å². The summed E-state index contributed by atoms with van der Waals surface area (Å²) in [7, 11) is 1.81. The van der Waals surface area contributed by atoms with Crippen LogP contribution < -0.4 is 0 Å². The lowest BCUT2D eigenvalue weighted by Gasteiger charge is -2.34. The van der Waals surface area contributed by atoms with Gasteiger partial charge in [0.05, 0.1) is 0 Å². The van der Waals surface area contributed by atoms with Crippen molar-refractivity contribution >= 4 is 23.2 Å². The van der Waals surface area contributed by atoms with E-state index in [1.54, 1.807) is 0 Å². The van der Waals surface area contributed by atoms with E-state index < -0.39 is 0 Å². The highest BCUT2D eigenvalue weighted by atomic mass is 32.4. The minimum Gasteiger partial charge on any atom is -0.0744 e. The number of hydrogen-bond acceptors (Lipinski definition) is 0. The Morgan fingerprint density at radius 2 is 0.733 bits per heavy atom. The molecule has 0 aliphatic heterocycles. The molecule has 15 heavy (non-hydrogen) atoms. The van der Waals surface area contributed by atoms with Gasteiger partial charge in [0, 0.05) is 0 Å². The van der Waals surface area contributed by atoms with Crippen LogP contribution in [0.3, 0.4) is 0 Å². The molecule has 0 bridgehead atoms. The Labute approximate surface area is 101 Å². The molecule has 0 nitrogen and oxygen atoms in total. The molecule has 0 heterocycles. The number of rotatable bonds is 6. The van der Waals surface area contributed by atoms with Crippen LogP contribution in [0.15, 0.2) is 0 Å². The molecule has 0 aromatic heterocycles. The minimum atomic E-state index is 0.274. The van der Waals surface area contributed by atoms with Crippen molar-refractivity contribution in [1.82, 2.24) is 0 Å². The van der Waals surface area contributed by atoms with E-state index in [0.717, 1.165) is 22.6 Å². The molecule has 92 valence electrons. The highest BCUT2D eigenvalue weighted by Crippen LogP contribution is 2.80. The molecule has 0 N–H and O–H groups in total. The summed E-state index contributed by atoms with van der Waals surface area (Å²) in [5.41, 5.74) is 3.67. The van der Waals surface area contributed by atoms with Gasteiger partial charge < -0.3 is 0 Å². The van der Waals surface area contributed by atoms with Crippen LogP contribution in [0.1, 0.15) is 55.4 Å². The first-order chi connectivity index (χ1) is 6.77. The molecular weight excluding hydrogens is 237 g/mol. The summed E-state index contributed by atoms with van der Waals surface area (Å²) in [6.07, 6.45) is 0. The molecule has 0 aliphatic carbocycles. The van der Waals surface area contributed by atoms with E-state index in [-0.39, 0.29) is 15.2 Å². The zero-order chi connectivity index (χ0) is 12.2. The van der Waals surface area contributed by atoms with Crippen molar-refractivity contribution in [2.24, 2.45) is 0 Å². The first-order valence-corrected chi connectivity index (χ1v) is 11.7. The Morgan fingerprint density at radius 1 is 0.533 bits per heavy atom. The number of hydrogen-bond donors (Lipinski definition) is 0. The van der Waals surface area contributed by atoms with Crippen LogP contribution in [-0.2, 0) is 0 Å². The lowest BCUT2D eigenvalue weighted by Crippen LogP contribution is -2.03. The fraction of sp³-hybridized carbons (Fsp3) is 1.00. The fourth-order valence-electron chi connectivity index (χ4n) is 1.79. The highest BCUT2D eigenvalue weighted by molar-refractivity contribution is 8.53. The van der Waals surface area contributed by atoms with Gasteiger partial charge in [0.1, 0.15) is 0 Å². The van der Waals surface area contributed by atoms with Gasteiger partial charge >= 0.3 is 0 Å². The van der Waals surface area contributed by atoms with Gasteiger partial charge in [-0.15, -0.1) is 0 Å². The summed E-state index contributed by atoms with van der Waals surface area (Å²) in [6.45, 7) is 19.4. The minimum absolute atomic E-state index is 0.274. The van der Waals surface area contributed by atoms with E-state index in [2.05, 4.69) is 55.4 Å². The predicted octanol–water partition coefficient (Wildman–Crippen LogP) is 6.09. The molecule has 0 saturated carbocycles. The third kappa shape index (κ3) is 5.96. The molecule has 0 unspecified atom stereocenters. The van der Waals surface area contributed by atoms with Crippen LogP contribution in [0.4, 0.5) is 0 Å².